The fourth-order valence-corrected chi connectivity index (χ4v) is 4.94. The van der Waals surface area contributed by atoms with Crippen LogP contribution in [0.5, 0.6) is 0 Å². The van der Waals surface area contributed by atoms with Gasteiger partial charge >= 0.3 is 0 Å². The third-order valence-electron chi connectivity index (χ3n) is 3.39. The number of hydrogen-bond acceptors (Lipinski definition) is 6. The van der Waals surface area contributed by atoms with E-state index in [0.29, 0.717) is 11.2 Å². The Kier molecular flexibility index (Phi) is 6.96. The van der Waals surface area contributed by atoms with Crippen molar-refractivity contribution >= 4 is 35.2 Å². The van der Waals surface area contributed by atoms with E-state index in [1.54, 1.807) is 6.33 Å². The van der Waals surface area contributed by atoms with Gasteiger partial charge in [0.1, 0.15) is 18.0 Å². The standard InChI is InChI=1S/C15H26N4S2/c1-4-5-16-14-13(11(2)3)15(19-10-18-14)17-8-12-9-20-6-7-21-12/h10-12H,4-9H2,1-3H3,(H2,16,17,18,19). The van der Waals surface area contributed by atoms with Gasteiger partial charge in [0.15, 0.2) is 0 Å². The van der Waals surface area contributed by atoms with Gasteiger partial charge in [0.25, 0.3) is 0 Å². The van der Waals surface area contributed by atoms with Gasteiger partial charge in [0.2, 0.25) is 0 Å². The summed E-state index contributed by atoms with van der Waals surface area (Å²) in [5, 5.41) is 7.66. The lowest BCUT2D eigenvalue weighted by atomic mass is 10.0. The van der Waals surface area contributed by atoms with Gasteiger partial charge in [-0.2, -0.15) is 23.5 Å². The van der Waals surface area contributed by atoms with Crippen molar-refractivity contribution < 1.29 is 0 Å². The molecule has 0 radical (unpaired) electrons. The highest BCUT2D eigenvalue weighted by molar-refractivity contribution is 8.06. The first-order valence-corrected chi connectivity index (χ1v) is 9.94. The highest BCUT2D eigenvalue weighted by atomic mass is 32.2. The number of hydrogen-bond donors (Lipinski definition) is 2. The van der Waals surface area contributed by atoms with Crippen molar-refractivity contribution in [2.75, 3.05) is 41.0 Å². The summed E-state index contributed by atoms with van der Waals surface area (Å²) in [6.07, 6.45) is 2.76. The molecule has 0 saturated carbocycles. The molecule has 0 aliphatic carbocycles. The quantitative estimate of drug-likeness (QED) is 0.797. The maximum atomic E-state index is 4.47. The first-order valence-electron chi connectivity index (χ1n) is 7.74. The minimum Gasteiger partial charge on any atom is -0.370 e. The van der Waals surface area contributed by atoms with E-state index in [-0.39, 0.29) is 0 Å². The van der Waals surface area contributed by atoms with Crippen molar-refractivity contribution in [1.82, 2.24) is 9.97 Å². The Balaban J connectivity index is 2.06. The molecule has 1 fully saturated rings. The molecule has 1 aliphatic rings. The predicted octanol–water partition coefficient (Wildman–Crippen LogP) is 3.68. The molecule has 2 N–H and O–H groups in total. The molecule has 2 rings (SSSR count). The van der Waals surface area contributed by atoms with E-state index in [0.717, 1.165) is 31.1 Å². The Morgan fingerprint density at radius 3 is 2.62 bits per heavy atom. The topological polar surface area (TPSA) is 49.8 Å². The van der Waals surface area contributed by atoms with Gasteiger partial charge in [-0.3, -0.25) is 0 Å². The first-order chi connectivity index (χ1) is 10.2. The zero-order valence-corrected chi connectivity index (χ0v) is 14.8. The van der Waals surface area contributed by atoms with Crippen LogP contribution in [-0.4, -0.2) is 45.6 Å². The number of anilines is 2. The molecular formula is C15H26N4S2. The van der Waals surface area contributed by atoms with E-state index >= 15 is 0 Å². The highest BCUT2D eigenvalue weighted by Crippen LogP contribution is 2.29. The monoisotopic (exact) mass is 326 g/mol. The second-order valence-corrected chi connectivity index (χ2v) is 8.07. The minimum atomic E-state index is 0.404. The molecule has 6 heteroatoms. The molecule has 2 heterocycles. The molecule has 1 atom stereocenters. The number of aromatic nitrogens is 2. The Morgan fingerprint density at radius 1 is 1.24 bits per heavy atom. The van der Waals surface area contributed by atoms with Crippen molar-refractivity contribution in [1.29, 1.82) is 0 Å². The first kappa shape index (κ1) is 16.7. The summed E-state index contributed by atoms with van der Waals surface area (Å²) in [4.78, 5) is 8.90. The lowest BCUT2D eigenvalue weighted by Crippen LogP contribution is -2.24. The summed E-state index contributed by atoms with van der Waals surface area (Å²) in [7, 11) is 0. The molecule has 4 nitrogen and oxygen atoms in total. The molecule has 1 aromatic rings. The molecule has 1 unspecified atom stereocenters. The zero-order valence-electron chi connectivity index (χ0n) is 13.2. The average molecular weight is 327 g/mol. The largest absolute Gasteiger partial charge is 0.370 e. The molecule has 1 saturated heterocycles. The van der Waals surface area contributed by atoms with Crippen molar-refractivity contribution in [2.24, 2.45) is 0 Å². The zero-order chi connectivity index (χ0) is 15.1. The van der Waals surface area contributed by atoms with Crippen molar-refractivity contribution in [3.8, 4) is 0 Å². The van der Waals surface area contributed by atoms with Crippen LogP contribution in [0.15, 0.2) is 6.33 Å². The minimum absolute atomic E-state index is 0.404. The lowest BCUT2D eigenvalue weighted by Gasteiger charge is -2.23. The van der Waals surface area contributed by atoms with Crippen LogP contribution in [0.1, 0.15) is 38.7 Å². The molecule has 118 valence electrons. The summed E-state index contributed by atoms with van der Waals surface area (Å²) in [5.41, 5.74) is 1.21. The van der Waals surface area contributed by atoms with Crippen LogP contribution in [0.3, 0.4) is 0 Å². The summed E-state index contributed by atoms with van der Waals surface area (Å²) in [5.74, 6) is 6.17. The highest BCUT2D eigenvalue weighted by Gasteiger charge is 2.18. The van der Waals surface area contributed by atoms with Crippen LogP contribution in [0, 0.1) is 0 Å². The van der Waals surface area contributed by atoms with Crippen LogP contribution in [-0.2, 0) is 0 Å². The molecule has 0 aromatic carbocycles. The maximum absolute atomic E-state index is 4.47. The Hall–Kier alpha value is -0.620. The van der Waals surface area contributed by atoms with E-state index in [9.17, 15) is 0 Å². The van der Waals surface area contributed by atoms with Crippen molar-refractivity contribution in [3.63, 3.8) is 0 Å². The summed E-state index contributed by atoms with van der Waals surface area (Å²) in [6, 6.07) is 0. The fourth-order valence-electron chi connectivity index (χ4n) is 2.33. The molecule has 21 heavy (non-hydrogen) atoms. The van der Waals surface area contributed by atoms with E-state index in [2.05, 4.69) is 64.9 Å². The summed E-state index contributed by atoms with van der Waals surface area (Å²) < 4.78 is 0. The van der Waals surface area contributed by atoms with Crippen LogP contribution < -0.4 is 10.6 Å². The number of thioether (sulfide) groups is 2. The van der Waals surface area contributed by atoms with Crippen LogP contribution >= 0.6 is 23.5 Å². The van der Waals surface area contributed by atoms with E-state index in [4.69, 9.17) is 0 Å². The molecule has 1 aliphatic heterocycles. The lowest BCUT2D eigenvalue weighted by molar-refractivity contribution is 0.837. The SMILES string of the molecule is CCCNc1ncnc(NCC2CSCCS2)c1C(C)C. The van der Waals surface area contributed by atoms with E-state index in [1.165, 1.54) is 22.8 Å². The average Bonchev–Trinajstić information content (AvgIpc) is 2.51. The van der Waals surface area contributed by atoms with Gasteiger partial charge in [-0.05, 0) is 12.3 Å². The third kappa shape index (κ3) is 4.95. The summed E-state index contributed by atoms with van der Waals surface area (Å²) in [6.45, 7) is 8.51. The smallest absolute Gasteiger partial charge is 0.135 e. The van der Waals surface area contributed by atoms with Gasteiger partial charge in [-0.25, -0.2) is 9.97 Å². The van der Waals surface area contributed by atoms with Gasteiger partial charge in [0.05, 0.1) is 0 Å². The molecule has 1 aromatic heterocycles. The normalized spacial score (nSPS) is 18.8. The van der Waals surface area contributed by atoms with Crippen LogP contribution in [0.25, 0.3) is 0 Å². The van der Waals surface area contributed by atoms with Gasteiger partial charge < -0.3 is 10.6 Å². The van der Waals surface area contributed by atoms with Crippen molar-refractivity contribution in [3.05, 3.63) is 11.9 Å². The summed E-state index contributed by atoms with van der Waals surface area (Å²) >= 11 is 4.13. The Bertz CT molecular complexity index is 434. The number of nitrogens with one attached hydrogen (secondary N) is 2. The third-order valence-corrected chi connectivity index (χ3v) is 6.23. The Morgan fingerprint density at radius 2 is 2.00 bits per heavy atom. The molecule has 0 bridgehead atoms. The number of nitrogens with zero attached hydrogens (tertiary/aromatic N) is 2. The van der Waals surface area contributed by atoms with E-state index in [1.807, 2.05) is 0 Å². The van der Waals surface area contributed by atoms with Crippen LogP contribution in [0.2, 0.25) is 0 Å². The molecular weight excluding hydrogens is 300 g/mol. The van der Waals surface area contributed by atoms with Gasteiger partial charge in [0, 0.05) is 41.2 Å². The van der Waals surface area contributed by atoms with Crippen molar-refractivity contribution in [2.45, 2.75) is 38.4 Å². The predicted molar refractivity (Wildman–Crippen MR) is 97.0 cm³/mol. The second-order valence-electron chi connectivity index (χ2n) is 5.51. The van der Waals surface area contributed by atoms with Crippen LogP contribution in [0.4, 0.5) is 11.6 Å². The van der Waals surface area contributed by atoms with Gasteiger partial charge in [-0.1, -0.05) is 20.8 Å². The van der Waals surface area contributed by atoms with E-state index < -0.39 is 0 Å². The van der Waals surface area contributed by atoms with Gasteiger partial charge in [-0.15, -0.1) is 0 Å². The fraction of sp³-hybridized carbons (Fsp3) is 0.733. The number of rotatable bonds is 7. The second kappa shape index (κ2) is 8.73. The Labute approximate surface area is 136 Å². The maximum Gasteiger partial charge on any atom is 0.135 e. The molecule has 0 amide bonds. The molecule has 0 spiro atoms.